The molecule has 1 atom stereocenters. The van der Waals surface area contributed by atoms with Gasteiger partial charge in [-0.1, -0.05) is 13.8 Å². The van der Waals surface area contributed by atoms with E-state index in [1.807, 2.05) is 0 Å². The summed E-state index contributed by atoms with van der Waals surface area (Å²) in [5.74, 6) is 0.433. The third kappa shape index (κ3) is 2.30. The van der Waals surface area contributed by atoms with Crippen molar-refractivity contribution in [2.24, 2.45) is 11.7 Å². The Morgan fingerprint density at radius 2 is 2.33 bits per heavy atom. The zero-order valence-corrected chi connectivity index (χ0v) is 9.45. The summed E-state index contributed by atoms with van der Waals surface area (Å²) in [6.45, 7) is 6.04. The average Bonchev–Trinajstić information content (AvgIpc) is 2.43. The molecule has 0 radical (unpaired) electrons. The van der Waals surface area contributed by atoms with Crippen LogP contribution in [0.15, 0.2) is 11.3 Å². The lowest BCUT2D eigenvalue weighted by Gasteiger charge is -2.25. The van der Waals surface area contributed by atoms with Gasteiger partial charge in [0.1, 0.15) is 0 Å². The van der Waals surface area contributed by atoms with E-state index >= 15 is 0 Å². The zero-order valence-electron chi connectivity index (χ0n) is 9.45. The molecule has 0 aromatic rings. The molecule has 0 aromatic heterocycles. The minimum atomic E-state index is -0.0860. The van der Waals surface area contributed by atoms with Crippen molar-refractivity contribution in [2.75, 3.05) is 6.54 Å². The molecule has 0 fully saturated rings. The van der Waals surface area contributed by atoms with Gasteiger partial charge in [0, 0.05) is 12.6 Å². The molecule has 1 rings (SSSR count). The molecule has 0 aromatic carbocycles. The summed E-state index contributed by atoms with van der Waals surface area (Å²) in [7, 11) is 0. The molecule has 1 amide bonds. The highest BCUT2D eigenvalue weighted by molar-refractivity contribution is 5.75. The highest BCUT2D eigenvalue weighted by Gasteiger charge is 2.33. The molecule has 0 saturated heterocycles. The van der Waals surface area contributed by atoms with Gasteiger partial charge < -0.3 is 10.6 Å². The van der Waals surface area contributed by atoms with Crippen LogP contribution in [0.2, 0.25) is 0 Å². The Bertz CT molecular complexity index is 338. The van der Waals surface area contributed by atoms with E-state index in [9.17, 15) is 4.79 Å². The number of rotatable bonds is 2. The second kappa shape index (κ2) is 4.35. The van der Waals surface area contributed by atoms with Gasteiger partial charge in [-0.25, -0.2) is 0 Å². The summed E-state index contributed by atoms with van der Waals surface area (Å²) in [4.78, 5) is 13.1. The SMILES string of the molecule is CC(=O)N1CC(C#N)=C(N)C1CC(C)C. The molecule has 15 heavy (non-hydrogen) atoms. The van der Waals surface area contributed by atoms with Crippen molar-refractivity contribution >= 4 is 5.91 Å². The van der Waals surface area contributed by atoms with E-state index in [4.69, 9.17) is 11.0 Å². The number of nitriles is 1. The molecule has 0 saturated carbocycles. The Hall–Kier alpha value is -1.50. The van der Waals surface area contributed by atoms with E-state index in [1.165, 1.54) is 6.92 Å². The van der Waals surface area contributed by atoms with Crippen LogP contribution in [0.3, 0.4) is 0 Å². The molecule has 1 heterocycles. The first kappa shape index (κ1) is 11.6. The standard InChI is InChI=1S/C11H17N3O/c1-7(2)4-10-11(13)9(5-12)6-14(10)8(3)15/h7,10H,4,6,13H2,1-3H3. The van der Waals surface area contributed by atoms with E-state index in [2.05, 4.69) is 19.9 Å². The summed E-state index contributed by atoms with van der Waals surface area (Å²) in [6.07, 6.45) is 0.816. The molecule has 0 spiro atoms. The molecular weight excluding hydrogens is 190 g/mol. The van der Waals surface area contributed by atoms with Gasteiger partial charge in [-0.2, -0.15) is 5.26 Å². The fourth-order valence-corrected chi connectivity index (χ4v) is 1.87. The van der Waals surface area contributed by atoms with Crippen LogP contribution >= 0.6 is 0 Å². The number of nitrogens with zero attached hydrogens (tertiary/aromatic N) is 2. The van der Waals surface area contributed by atoms with Gasteiger partial charge in [0.2, 0.25) is 5.91 Å². The second-order valence-corrected chi connectivity index (χ2v) is 4.34. The lowest BCUT2D eigenvalue weighted by atomic mass is 10.0. The third-order valence-corrected chi connectivity index (χ3v) is 2.65. The first-order valence-electron chi connectivity index (χ1n) is 5.13. The van der Waals surface area contributed by atoms with Gasteiger partial charge in [-0.15, -0.1) is 0 Å². The van der Waals surface area contributed by atoms with Gasteiger partial charge in [-0.05, 0) is 12.3 Å². The van der Waals surface area contributed by atoms with Crippen molar-refractivity contribution in [1.82, 2.24) is 4.90 Å². The fourth-order valence-electron chi connectivity index (χ4n) is 1.87. The van der Waals surface area contributed by atoms with Crippen molar-refractivity contribution in [3.8, 4) is 6.07 Å². The van der Waals surface area contributed by atoms with Crippen molar-refractivity contribution in [3.63, 3.8) is 0 Å². The van der Waals surface area contributed by atoms with Crippen molar-refractivity contribution in [2.45, 2.75) is 33.2 Å². The lowest BCUT2D eigenvalue weighted by molar-refractivity contribution is -0.129. The molecule has 4 nitrogen and oxygen atoms in total. The maximum absolute atomic E-state index is 11.4. The Balaban J connectivity index is 2.91. The molecule has 4 heteroatoms. The predicted octanol–water partition coefficient (Wildman–Crippen LogP) is 1.000. The molecule has 0 bridgehead atoms. The number of carbonyl (C=O) groups excluding carboxylic acids is 1. The van der Waals surface area contributed by atoms with E-state index in [0.29, 0.717) is 23.7 Å². The number of hydrogen-bond acceptors (Lipinski definition) is 3. The Kier molecular flexibility index (Phi) is 3.35. The Morgan fingerprint density at radius 1 is 1.73 bits per heavy atom. The maximum atomic E-state index is 11.4. The van der Waals surface area contributed by atoms with Gasteiger partial charge in [0.15, 0.2) is 0 Å². The Labute approximate surface area is 90.3 Å². The minimum Gasteiger partial charge on any atom is -0.399 e. The number of amides is 1. The number of carbonyl (C=O) groups is 1. The van der Waals surface area contributed by atoms with Gasteiger partial charge in [0.25, 0.3) is 0 Å². The zero-order chi connectivity index (χ0) is 11.6. The third-order valence-electron chi connectivity index (χ3n) is 2.65. The smallest absolute Gasteiger partial charge is 0.220 e. The van der Waals surface area contributed by atoms with Crippen LogP contribution in [-0.4, -0.2) is 23.4 Å². The van der Waals surface area contributed by atoms with Gasteiger partial charge in [-0.3, -0.25) is 4.79 Å². The molecule has 82 valence electrons. The highest BCUT2D eigenvalue weighted by Crippen LogP contribution is 2.25. The van der Waals surface area contributed by atoms with Crippen LogP contribution in [0.1, 0.15) is 27.2 Å². The Morgan fingerprint density at radius 3 is 2.73 bits per heavy atom. The largest absolute Gasteiger partial charge is 0.399 e. The second-order valence-electron chi connectivity index (χ2n) is 4.34. The first-order valence-corrected chi connectivity index (χ1v) is 5.13. The van der Waals surface area contributed by atoms with Crippen molar-refractivity contribution < 1.29 is 4.79 Å². The van der Waals surface area contributed by atoms with E-state index in [-0.39, 0.29) is 11.9 Å². The summed E-state index contributed by atoms with van der Waals surface area (Å²) < 4.78 is 0. The highest BCUT2D eigenvalue weighted by atomic mass is 16.2. The molecule has 1 aliphatic heterocycles. The fraction of sp³-hybridized carbons (Fsp3) is 0.636. The van der Waals surface area contributed by atoms with E-state index < -0.39 is 0 Å². The molecule has 0 aliphatic carbocycles. The van der Waals surface area contributed by atoms with Crippen LogP contribution < -0.4 is 5.73 Å². The van der Waals surface area contributed by atoms with Crippen LogP contribution in [0.4, 0.5) is 0 Å². The summed E-state index contributed by atoms with van der Waals surface area (Å²) >= 11 is 0. The molecule has 1 aliphatic rings. The van der Waals surface area contributed by atoms with E-state index in [1.54, 1.807) is 4.90 Å². The number of hydrogen-bond donors (Lipinski definition) is 1. The van der Waals surface area contributed by atoms with Crippen molar-refractivity contribution in [3.05, 3.63) is 11.3 Å². The monoisotopic (exact) mass is 207 g/mol. The van der Waals surface area contributed by atoms with Crippen LogP contribution in [0, 0.1) is 17.2 Å². The minimum absolute atomic E-state index is 0.0196. The molecular formula is C11H17N3O. The summed E-state index contributed by atoms with van der Waals surface area (Å²) in [5, 5.41) is 8.86. The topological polar surface area (TPSA) is 70.1 Å². The predicted molar refractivity (Wildman–Crippen MR) is 57.5 cm³/mol. The van der Waals surface area contributed by atoms with Crippen molar-refractivity contribution in [1.29, 1.82) is 5.26 Å². The van der Waals surface area contributed by atoms with Crippen LogP contribution in [0.25, 0.3) is 0 Å². The quantitative estimate of drug-likeness (QED) is 0.734. The van der Waals surface area contributed by atoms with Crippen LogP contribution in [0.5, 0.6) is 0 Å². The molecule has 1 unspecified atom stereocenters. The normalized spacial score (nSPS) is 21.0. The lowest BCUT2D eigenvalue weighted by Crippen LogP contribution is -2.38. The first-order chi connectivity index (χ1) is 6.97. The van der Waals surface area contributed by atoms with Gasteiger partial charge >= 0.3 is 0 Å². The van der Waals surface area contributed by atoms with E-state index in [0.717, 1.165) is 6.42 Å². The summed E-state index contributed by atoms with van der Waals surface area (Å²) in [6, 6.07) is 1.98. The number of nitrogens with two attached hydrogens (primary N) is 1. The van der Waals surface area contributed by atoms with Gasteiger partial charge in [0.05, 0.1) is 24.2 Å². The van der Waals surface area contributed by atoms with Crippen LogP contribution in [-0.2, 0) is 4.79 Å². The average molecular weight is 207 g/mol. The molecule has 2 N–H and O–H groups in total. The maximum Gasteiger partial charge on any atom is 0.220 e. The summed E-state index contributed by atoms with van der Waals surface area (Å²) in [5.41, 5.74) is 6.98.